The van der Waals surface area contributed by atoms with Crippen molar-refractivity contribution in [2.45, 2.75) is 24.9 Å². The van der Waals surface area contributed by atoms with Gasteiger partial charge in [-0.3, -0.25) is 19.2 Å². The second-order valence-corrected chi connectivity index (χ2v) is 8.65. The van der Waals surface area contributed by atoms with Crippen molar-refractivity contribution < 1.29 is 34.0 Å². The topological polar surface area (TPSA) is 152 Å². The highest BCUT2D eigenvalue weighted by molar-refractivity contribution is 6.25. The fraction of sp³-hybridized carbons (Fsp3) is 0.292. The van der Waals surface area contributed by atoms with Crippen molar-refractivity contribution in [2.24, 2.45) is 17.6 Å². The number of hydrogen-bond acceptors (Lipinski definition) is 6. The lowest BCUT2D eigenvalue weighted by Gasteiger charge is -2.26. The number of anilines is 2. The number of para-hydroxylation sites is 1. The van der Waals surface area contributed by atoms with Crippen LogP contribution in [0.5, 0.6) is 0 Å². The van der Waals surface area contributed by atoms with E-state index in [0.717, 1.165) is 4.90 Å². The number of ether oxygens (including phenoxy) is 1. The summed E-state index contributed by atoms with van der Waals surface area (Å²) in [6.07, 6.45) is -0.160. The van der Waals surface area contributed by atoms with E-state index in [1.165, 1.54) is 24.3 Å². The lowest BCUT2D eigenvalue weighted by Crippen LogP contribution is -2.99. The summed E-state index contributed by atoms with van der Waals surface area (Å²) < 4.78 is 4.98. The third-order valence-corrected chi connectivity index (χ3v) is 6.85. The Morgan fingerprint density at radius 2 is 1.79 bits per heavy atom. The Kier molecular flexibility index (Phi) is 4.98. The van der Waals surface area contributed by atoms with Crippen LogP contribution >= 0.6 is 0 Å². The van der Waals surface area contributed by atoms with E-state index in [4.69, 9.17) is 10.5 Å². The lowest BCUT2D eigenvalue weighted by atomic mass is 9.76. The molecule has 0 aromatic heterocycles. The van der Waals surface area contributed by atoms with Crippen LogP contribution in [0.25, 0.3) is 0 Å². The highest BCUT2D eigenvalue weighted by Gasteiger charge is 2.74. The Balaban J connectivity index is 1.58. The Hall–Kier alpha value is -4.05. The molecule has 5 N–H and O–H groups in total. The van der Waals surface area contributed by atoms with Crippen molar-refractivity contribution in [1.29, 1.82) is 0 Å². The predicted molar refractivity (Wildman–Crippen MR) is 118 cm³/mol. The molecule has 0 radical (unpaired) electrons. The zero-order valence-corrected chi connectivity index (χ0v) is 18.3. The second kappa shape index (κ2) is 7.77. The van der Waals surface area contributed by atoms with E-state index in [-0.39, 0.29) is 24.3 Å². The molecule has 0 saturated carbocycles. The van der Waals surface area contributed by atoms with Crippen molar-refractivity contribution in [3.8, 4) is 0 Å². The van der Waals surface area contributed by atoms with Crippen LogP contribution in [-0.2, 0) is 29.5 Å². The first-order valence-electron chi connectivity index (χ1n) is 11.0. The van der Waals surface area contributed by atoms with Crippen LogP contribution in [0, 0.1) is 11.8 Å². The minimum Gasteiger partial charge on any atom is -0.462 e. The normalized spacial score (nSPS) is 27.0. The number of primary amides is 1. The van der Waals surface area contributed by atoms with Crippen molar-refractivity contribution >= 4 is 41.0 Å². The summed E-state index contributed by atoms with van der Waals surface area (Å²) in [7, 11) is 0. The summed E-state index contributed by atoms with van der Waals surface area (Å²) in [5.74, 6) is -4.51. The van der Waals surface area contributed by atoms with Gasteiger partial charge >= 0.3 is 5.97 Å². The number of benzene rings is 2. The monoisotopic (exact) mass is 463 g/mol. The number of nitrogens with one attached hydrogen (secondary N) is 1. The number of amides is 4. The summed E-state index contributed by atoms with van der Waals surface area (Å²) in [6.45, 7) is 1.91. The largest absolute Gasteiger partial charge is 0.462 e. The molecule has 2 aromatic carbocycles. The van der Waals surface area contributed by atoms with Gasteiger partial charge in [0.25, 0.3) is 5.91 Å². The van der Waals surface area contributed by atoms with Gasteiger partial charge in [-0.25, -0.2) is 9.69 Å². The maximum absolute atomic E-state index is 13.8. The average molecular weight is 463 g/mol. The van der Waals surface area contributed by atoms with Gasteiger partial charge in [-0.1, -0.05) is 18.2 Å². The van der Waals surface area contributed by atoms with Crippen LogP contribution in [-0.4, -0.2) is 42.2 Å². The van der Waals surface area contributed by atoms with E-state index in [1.54, 1.807) is 36.5 Å². The first-order valence-corrected chi connectivity index (χ1v) is 11.0. The molecule has 2 fully saturated rings. The van der Waals surface area contributed by atoms with Gasteiger partial charge in [0.1, 0.15) is 17.9 Å². The standard InChI is InChI=1S/C24H22N4O6/c1-2-34-22(32)12-7-9-13(10-8-12)28-20(30)18-16(11-17(25)29)27-24(19(18)21(28)31)14-5-3-4-6-15(14)26-23(24)33/h3-10,16,18-19,27H,2,11H2,1H3,(H2,25,29)(H,26,33)/p+1/t16-,18+,19-,24+/m1/s1. The molecule has 3 aliphatic rings. The first kappa shape index (κ1) is 21.8. The molecule has 10 nitrogen and oxygen atoms in total. The van der Waals surface area contributed by atoms with Gasteiger partial charge < -0.3 is 21.1 Å². The van der Waals surface area contributed by atoms with Crippen LogP contribution in [0.3, 0.4) is 0 Å². The number of nitrogens with zero attached hydrogens (tertiary/aromatic N) is 1. The summed E-state index contributed by atoms with van der Waals surface area (Å²) >= 11 is 0. The number of fused-ring (bicyclic) bond motifs is 4. The molecule has 174 valence electrons. The number of carbonyl (C=O) groups excluding carboxylic acids is 5. The van der Waals surface area contributed by atoms with Gasteiger partial charge in [-0.15, -0.1) is 0 Å². The smallest absolute Gasteiger partial charge is 0.338 e. The maximum atomic E-state index is 13.8. The van der Waals surface area contributed by atoms with Gasteiger partial charge in [0.05, 0.1) is 30.0 Å². The van der Waals surface area contributed by atoms with Crippen molar-refractivity contribution in [1.82, 2.24) is 0 Å². The molecule has 3 heterocycles. The average Bonchev–Trinajstić information content (AvgIpc) is 3.38. The summed E-state index contributed by atoms with van der Waals surface area (Å²) in [5, 5.41) is 4.48. The van der Waals surface area contributed by atoms with Gasteiger partial charge in [-0.2, -0.15) is 0 Å². The van der Waals surface area contributed by atoms with Crippen LogP contribution in [0.4, 0.5) is 11.4 Å². The fourth-order valence-electron chi connectivity index (χ4n) is 5.56. The molecule has 4 amide bonds. The van der Waals surface area contributed by atoms with E-state index in [0.29, 0.717) is 11.3 Å². The SMILES string of the molecule is CCOC(=O)c1ccc(N2C(=O)[C@H]3[C@@H](CC(N)=O)[NH2+][C@]4(C(=O)Nc5ccccc54)[C@H]3C2=O)cc1. The highest BCUT2D eigenvalue weighted by atomic mass is 16.5. The molecule has 10 heteroatoms. The van der Waals surface area contributed by atoms with Crippen molar-refractivity contribution in [2.75, 3.05) is 16.8 Å². The summed E-state index contributed by atoms with van der Waals surface area (Å²) in [6, 6.07) is 12.3. The minimum atomic E-state index is -1.38. The molecule has 5 rings (SSSR count). The molecule has 4 atom stereocenters. The number of hydrogen-bond donors (Lipinski definition) is 3. The molecular formula is C24H23N4O6+. The number of rotatable bonds is 5. The number of quaternary nitrogens is 1. The van der Waals surface area contributed by atoms with E-state index < -0.39 is 53.0 Å². The molecule has 0 bridgehead atoms. The van der Waals surface area contributed by atoms with Crippen LogP contribution in [0.15, 0.2) is 48.5 Å². The third-order valence-electron chi connectivity index (χ3n) is 6.85. The molecule has 0 unspecified atom stereocenters. The Morgan fingerprint density at radius 3 is 2.47 bits per heavy atom. The zero-order valence-electron chi connectivity index (χ0n) is 18.3. The minimum absolute atomic E-state index is 0.160. The van der Waals surface area contributed by atoms with E-state index in [1.807, 2.05) is 0 Å². The van der Waals surface area contributed by atoms with E-state index in [2.05, 4.69) is 5.32 Å². The summed E-state index contributed by atoms with van der Waals surface area (Å²) in [4.78, 5) is 65.5. The first-order chi connectivity index (χ1) is 16.3. The summed E-state index contributed by atoms with van der Waals surface area (Å²) in [5.41, 5.74) is 5.80. The third kappa shape index (κ3) is 2.95. The number of imide groups is 1. The molecule has 2 saturated heterocycles. The number of nitrogens with two attached hydrogens (primary N) is 2. The van der Waals surface area contributed by atoms with Crippen LogP contribution in [0.2, 0.25) is 0 Å². The molecule has 1 spiro atoms. The van der Waals surface area contributed by atoms with E-state index in [9.17, 15) is 24.0 Å². The van der Waals surface area contributed by atoms with Crippen LogP contribution in [0.1, 0.15) is 29.3 Å². The molecule has 0 aliphatic carbocycles. The van der Waals surface area contributed by atoms with Gasteiger partial charge in [0.2, 0.25) is 23.3 Å². The Labute approximate surface area is 194 Å². The highest BCUT2D eigenvalue weighted by Crippen LogP contribution is 2.50. The molecule has 3 aliphatic heterocycles. The molecule has 2 aromatic rings. The second-order valence-electron chi connectivity index (χ2n) is 8.65. The maximum Gasteiger partial charge on any atom is 0.338 e. The Morgan fingerprint density at radius 1 is 1.09 bits per heavy atom. The van der Waals surface area contributed by atoms with Crippen LogP contribution < -0.4 is 21.3 Å². The number of carbonyl (C=O) groups is 5. The van der Waals surface area contributed by atoms with E-state index >= 15 is 0 Å². The quantitative estimate of drug-likeness (QED) is 0.407. The van der Waals surface area contributed by atoms with Gasteiger partial charge in [-0.05, 0) is 37.3 Å². The van der Waals surface area contributed by atoms with Crippen molar-refractivity contribution in [3.63, 3.8) is 0 Å². The lowest BCUT2D eigenvalue weighted by molar-refractivity contribution is -0.732. The Bertz CT molecular complexity index is 1240. The van der Waals surface area contributed by atoms with Gasteiger partial charge in [0, 0.05) is 5.56 Å². The molecule has 34 heavy (non-hydrogen) atoms. The number of esters is 1. The fourth-order valence-corrected chi connectivity index (χ4v) is 5.56. The van der Waals surface area contributed by atoms with Crippen molar-refractivity contribution in [3.05, 3.63) is 59.7 Å². The predicted octanol–water partition coefficient (Wildman–Crippen LogP) is -0.362. The van der Waals surface area contributed by atoms with Gasteiger partial charge in [0.15, 0.2) is 0 Å². The molecular weight excluding hydrogens is 440 g/mol. The zero-order chi connectivity index (χ0) is 24.2.